The van der Waals surface area contributed by atoms with Gasteiger partial charge in [0.05, 0.1) is 0 Å². The molecule has 0 aromatic carbocycles. The summed E-state index contributed by atoms with van der Waals surface area (Å²) in [5.74, 6) is 0.861. The monoisotopic (exact) mass is 279 g/mol. The van der Waals surface area contributed by atoms with Crippen LogP contribution in [0.4, 0.5) is 4.79 Å². The van der Waals surface area contributed by atoms with Gasteiger partial charge >= 0.3 is 6.03 Å². The Balaban J connectivity index is 1.62. The zero-order valence-corrected chi connectivity index (χ0v) is 11.9. The van der Waals surface area contributed by atoms with Crippen molar-refractivity contribution in [3.05, 3.63) is 0 Å². The number of carbonyl (C=O) groups excluding carboxylic acids is 3. The van der Waals surface area contributed by atoms with Crippen LogP contribution >= 0.6 is 0 Å². The third-order valence-corrected chi connectivity index (χ3v) is 4.73. The van der Waals surface area contributed by atoms with E-state index in [1.165, 1.54) is 30.6 Å². The molecule has 2 atom stereocenters. The van der Waals surface area contributed by atoms with Gasteiger partial charge in [0.2, 0.25) is 5.91 Å². The maximum absolute atomic E-state index is 12.3. The lowest BCUT2D eigenvalue weighted by molar-refractivity contribution is -0.139. The number of urea groups is 1. The van der Waals surface area contributed by atoms with Crippen LogP contribution < -0.4 is 0 Å². The molecule has 1 saturated carbocycles. The Morgan fingerprint density at radius 2 is 1.85 bits per heavy atom. The standard InChI is InChI=1S/C14H21N3O3/c1-15-8-13(19)17(14(15)20)9-12(18)16-6-10-3-2-4-11(5-10)7-16/h10-11H,2-9H2,1H3. The van der Waals surface area contributed by atoms with Gasteiger partial charge in [-0.05, 0) is 31.1 Å². The molecule has 3 fully saturated rings. The second-order valence-corrected chi connectivity index (χ2v) is 6.32. The summed E-state index contributed by atoms with van der Waals surface area (Å²) >= 11 is 0. The Morgan fingerprint density at radius 1 is 1.20 bits per heavy atom. The highest BCUT2D eigenvalue weighted by molar-refractivity contribution is 6.04. The molecular formula is C14H21N3O3. The first-order chi connectivity index (χ1) is 9.54. The van der Waals surface area contributed by atoms with E-state index in [2.05, 4.69) is 0 Å². The molecule has 20 heavy (non-hydrogen) atoms. The van der Waals surface area contributed by atoms with Crippen LogP contribution in [-0.4, -0.2) is 65.8 Å². The molecule has 2 heterocycles. The van der Waals surface area contributed by atoms with Crippen molar-refractivity contribution in [3.8, 4) is 0 Å². The predicted molar refractivity (Wildman–Crippen MR) is 71.8 cm³/mol. The van der Waals surface area contributed by atoms with Gasteiger partial charge in [0.25, 0.3) is 5.91 Å². The number of piperidine rings is 1. The quantitative estimate of drug-likeness (QED) is 0.693. The molecule has 0 radical (unpaired) electrons. The van der Waals surface area contributed by atoms with E-state index in [0.717, 1.165) is 18.0 Å². The minimum Gasteiger partial charge on any atom is -0.341 e. The lowest BCUT2D eigenvalue weighted by Gasteiger charge is -2.41. The Morgan fingerprint density at radius 3 is 2.40 bits per heavy atom. The summed E-state index contributed by atoms with van der Waals surface area (Å²) < 4.78 is 0. The highest BCUT2D eigenvalue weighted by Crippen LogP contribution is 2.34. The lowest BCUT2D eigenvalue weighted by atomic mass is 9.78. The van der Waals surface area contributed by atoms with E-state index < -0.39 is 0 Å². The minimum absolute atomic E-state index is 0.0807. The van der Waals surface area contributed by atoms with Crippen LogP contribution in [0, 0.1) is 11.8 Å². The number of fused-ring (bicyclic) bond motifs is 2. The largest absolute Gasteiger partial charge is 0.341 e. The molecule has 6 nitrogen and oxygen atoms in total. The zero-order valence-electron chi connectivity index (χ0n) is 11.9. The van der Waals surface area contributed by atoms with Crippen molar-refractivity contribution < 1.29 is 14.4 Å². The van der Waals surface area contributed by atoms with Gasteiger partial charge in [-0.1, -0.05) is 6.42 Å². The van der Waals surface area contributed by atoms with Crippen LogP contribution in [0.15, 0.2) is 0 Å². The second-order valence-electron chi connectivity index (χ2n) is 6.32. The summed E-state index contributed by atoms with van der Waals surface area (Å²) in [6, 6.07) is -0.361. The molecule has 2 bridgehead atoms. The molecule has 6 heteroatoms. The van der Waals surface area contributed by atoms with Gasteiger partial charge in [0.15, 0.2) is 0 Å². The fourth-order valence-electron chi connectivity index (χ4n) is 3.70. The van der Waals surface area contributed by atoms with E-state index in [0.29, 0.717) is 11.8 Å². The molecule has 110 valence electrons. The van der Waals surface area contributed by atoms with E-state index in [9.17, 15) is 14.4 Å². The van der Waals surface area contributed by atoms with E-state index in [-0.39, 0.29) is 30.9 Å². The fraction of sp³-hybridized carbons (Fsp3) is 0.786. The number of hydrogen-bond donors (Lipinski definition) is 0. The molecule has 3 rings (SSSR count). The molecule has 3 aliphatic rings. The third kappa shape index (κ3) is 2.39. The fourth-order valence-corrected chi connectivity index (χ4v) is 3.70. The number of hydrogen-bond acceptors (Lipinski definition) is 3. The smallest absolute Gasteiger partial charge is 0.327 e. The SMILES string of the molecule is CN1CC(=O)N(CC(=O)N2CC3CCCC(C3)C2)C1=O. The summed E-state index contributed by atoms with van der Waals surface area (Å²) in [5, 5.41) is 0. The molecule has 2 aliphatic heterocycles. The van der Waals surface area contributed by atoms with Gasteiger partial charge in [0, 0.05) is 20.1 Å². The summed E-state index contributed by atoms with van der Waals surface area (Å²) in [6.45, 7) is 1.57. The van der Waals surface area contributed by atoms with Crippen LogP contribution in [-0.2, 0) is 9.59 Å². The van der Waals surface area contributed by atoms with E-state index in [1.807, 2.05) is 4.90 Å². The lowest BCUT2D eigenvalue weighted by Crippen LogP contribution is -2.50. The number of rotatable bonds is 2. The molecule has 0 aromatic rings. The van der Waals surface area contributed by atoms with Gasteiger partial charge in [0.1, 0.15) is 13.1 Å². The van der Waals surface area contributed by atoms with Crippen LogP contribution in [0.3, 0.4) is 0 Å². The van der Waals surface area contributed by atoms with Crippen LogP contribution in [0.25, 0.3) is 0 Å². The zero-order chi connectivity index (χ0) is 14.3. The van der Waals surface area contributed by atoms with Gasteiger partial charge in [-0.2, -0.15) is 0 Å². The molecule has 0 N–H and O–H groups in total. The number of carbonyl (C=O) groups is 3. The van der Waals surface area contributed by atoms with Gasteiger partial charge in [-0.25, -0.2) is 4.79 Å². The topological polar surface area (TPSA) is 60.9 Å². The van der Waals surface area contributed by atoms with E-state index in [4.69, 9.17) is 0 Å². The number of likely N-dealkylation sites (N-methyl/N-ethyl adjacent to an activating group) is 1. The number of imide groups is 1. The van der Waals surface area contributed by atoms with Crippen molar-refractivity contribution in [3.63, 3.8) is 0 Å². The van der Waals surface area contributed by atoms with Crippen molar-refractivity contribution in [1.29, 1.82) is 0 Å². The Bertz CT molecular complexity index is 439. The highest BCUT2D eigenvalue weighted by Gasteiger charge is 2.38. The summed E-state index contributed by atoms with van der Waals surface area (Å²) in [5.41, 5.74) is 0. The first-order valence-electron chi connectivity index (χ1n) is 7.38. The molecule has 0 spiro atoms. The van der Waals surface area contributed by atoms with Crippen molar-refractivity contribution in [1.82, 2.24) is 14.7 Å². The highest BCUT2D eigenvalue weighted by atomic mass is 16.2. The molecular weight excluding hydrogens is 258 g/mol. The predicted octanol–water partition coefficient (Wildman–Crippen LogP) is 0.529. The van der Waals surface area contributed by atoms with Crippen LogP contribution in [0.1, 0.15) is 25.7 Å². The minimum atomic E-state index is -0.361. The van der Waals surface area contributed by atoms with Crippen molar-refractivity contribution in [2.24, 2.45) is 11.8 Å². The number of likely N-dealkylation sites (tertiary alicyclic amines) is 1. The average Bonchev–Trinajstić information content (AvgIpc) is 2.65. The van der Waals surface area contributed by atoms with Crippen LogP contribution in [0.2, 0.25) is 0 Å². The summed E-state index contributed by atoms with van der Waals surface area (Å²) in [6.07, 6.45) is 4.90. The van der Waals surface area contributed by atoms with Crippen molar-refractivity contribution in [2.75, 3.05) is 33.2 Å². The molecule has 0 aromatic heterocycles. The first kappa shape index (κ1) is 13.4. The van der Waals surface area contributed by atoms with Gasteiger partial charge in [-0.15, -0.1) is 0 Å². The molecule has 2 unspecified atom stereocenters. The maximum atomic E-state index is 12.3. The van der Waals surface area contributed by atoms with Crippen molar-refractivity contribution >= 4 is 17.8 Å². The Kier molecular flexibility index (Phi) is 3.40. The van der Waals surface area contributed by atoms with Crippen molar-refractivity contribution in [2.45, 2.75) is 25.7 Å². The summed E-state index contributed by atoms with van der Waals surface area (Å²) in [7, 11) is 1.58. The number of nitrogens with zero attached hydrogens (tertiary/aromatic N) is 3. The second kappa shape index (κ2) is 5.07. The number of amides is 4. The average molecular weight is 279 g/mol. The van der Waals surface area contributed by atoms with E-state index in [1.54, 1.807) is 7.05 Å². The van der Waals surface area contributed by atoms with Gasteiger partial charge < -0.3 is 9.80 Å². The molecule has 1 aliphatic carbocycles. The Hall–Kier alpha value is -1.59. The van der Waals surface area contributed by atoms with Crippen LogP contribution in [0.5, 0.6) is 0 Å². The van der Waals surface area contributed by atoms with Gasteiger partial charge in [-0.3, -0.25) is 14.5 Å². The summed E-state index contributed by atoms with van der Waals surface area (Å²) in [4.78, 5) is 40.1. The van der Waals surface area contributed by atoms with E-state index >= 15 is 0 Å². The molecule has 4 amide bonds. The third-order valence-electron chi connectivity index (χ3n) is 4.73. The molecule has 2 saturated heterocycles. The maximum Gasteiger partial charge on any atom is 0.327 e. The normalized spacial score (nSPS) is 30.1. The first-order valence-corrected chi connectivity index (χ1v) is 7.38. The Labute approximate surface area is 118 Å².